The molecule has 1 saturated carbocycles. The second-order valence-electron chi connectivity index (χ2n) is 10.6. The van der Waals surface area contributed by atoms with Crippen molar-refractivity contribution in [3.63, 3.8) is 0 Å². The molecule has 1 heterocycles. The summed E-state index contributed by atoms with van der Waals surface area (Å²) in [6, 6.07) is 5.23. The molecule has 32 heavy (non-hydrogen) atoms. The molecule has 0 spiro atoms. The maximum atomic E-state index is 13.0. The standard InChI is InChI=1S/C24H40N4O3S/c1-24(2,3)27-32(30,31)22-14-19(13-21(15-22)26-20-10-6-5-7-11-20)23(29)25-16-18-9-8-12-28(4)17-18/h13-15,18,20,26-27H,5-12,16-17H2,1-4H3,(H,25,29)/t18-/m0/s1. The molecule has 1 aromatic rings. The molecule has 0 bridgehead atoms. The monoisotopic (exact) mass is 464 g/mol. The lowest BCUT2D eigenvalue weighted by Gasteiger charge is -2.29. The Morgan fingerprint density at radius 2 is 1.78 bits per heavy atom. The largest absolute Gasteiger partial charge is 0.382 e. The van der Waals surface area contributed by atoms with Gasteiger partial charge in [-0.2, -0.15) is 0 Å². The number of hydrogen-bond acceptors (Lipinski definition) is 5. The van der Waals surface area contributed by atoms with Gasteiger partial charge in [-0.3, -0.25) is 4.79 Å². The molecule has 1 aliphatic carbocycles. The fourth-order valence-corrected chi connectivity index (χ4v) is 6.18. The van der Waals surface area contributed by atoms with Gasteiger partial charge in [0.05, 0.1) is 4.90 Å². The summed E-state index contributed by atoms with van der Waals surface area (Å²) in [5, 5.41) is 6.52. The first-order chi connectivity index (χ1) is 15.0. The van der Waals surface area contributed by atoms with Gasteiger partial charge < -0.3 is 15.5 Å². The van der Waals surface area contributed by atoms with Gasteiger partial charge in [0.15, 0.2) is 0 Å². The highest BCUT2D eigenvalue weighted by Gasteiger charge is 2.25. The molecule has 3 N–H and O–H groups in total. The molecule has 180 valence electrons. The molecule has 2 fully saturated rings. The average molecular weight is 465 g/mol. The summed E-state index contributed by atoms with van der Waals surface area (Å²) in [5.41, 5.74) is 0.460. The van der Waals surface area contributed by atoms with E-state index in [2.05, 4.69) is 27.3 Å². The lowest BCUT2D eigenvalue weighted by atomic mass is 9.95. The number of carbonyl (C=O) groups is 1. The van der Waals surface area contributed by atoms with E-state index < -0.39 is 15.6 Å². The first-order valence-electron chi connectivity index (χ1n) is 11.9. The Balaban J connectivity index is 1.81. The summed E-state index contributed by atoms with van der Waals surface area (Å²) in [6.07, 6.45) is 7.95. The number of amides is 1. The maximum Gasteiger partial charge on any atom is 0.251 e. The first-order valence-corrected chi connectivity index (χ1v) is 13.4. The zero-order valence-electron chi connectivity index (χ0n) is 20.0. The molecular formula is C24H40N4O3S. The summed E-state index contributed by atoms with van der Waals surface area (Å²) in [4.78, 5) is 15.4. The second-order valence-corrected chi connectivity index (χ2v) is 12.2. The minimum Gasteiger partial charge on any atom is -0.382 e. The van der Waals surface area contributed by atoms with Crippen LogP contribution in [0.5, 0.6) is 0 Å². The van der Waals surface area contributed by atoms with E-state index in [1.165, 1.54) is 25.3 Å². The van der Waals surface area contributed by atoms with Crippen LogP contribution in [-0.2, 0) is 10.0 Å². The van der Waals surface area contributed by atoms with Crippen LogP contribution in [0.4, 0.5) is 5.69 Å². The Morgan fingerprint density at radius 3 is 2.44 bits per heavy atom. The van der Waals surface area contributed by atoms with Gasteiger partial charge in [-0.15, -0.1) is 0 Å². The van der Waals surface area contributed by atoms with Crippen molar-refractivity contribution in [1.29, 1.82) is 0 Å². The van der Waals surface area contributed by atoms with Crippen molar-refractivity contribution in [2.24, 2.45) is 5.92 Å². The lowest BCUT2D eigenvalue weighted by Crippen LogP contribution is -2.40. The van der Waals surface area contributed by atoms with E-state index in [4.69, 9.17) is 0 Å². The van der Waals surface area contributed by atoms with Crippen LogP contribution in [0, 0.1) is 5.92 Å². The zero-order chi connectivity index (χ0) is 23.4. The topological polar surface area (TPSA) is 90.5 Å². The Bertz CT molecular complexity index is 889. The van der Waals surface area contributed by atoms with Gasteiger partial charge in [0.1, 0.15) is 0 Å². The molecular weight excluding hydrogens is 424 g/mol. The van der Waals surface area contributed by atoms with Crippen molar-refractivity contribution >= 4 is 21.6 Å². The van der Waals surface area contributed by atoms with Crippen LogP contribution < -0.4 is 15.4 Å². The summed E-state index contributed by atoms with van der Waals surface area (Å²) in [7, 11) is -1.65. The number of likely N-dealkylation sites (tertiary alicyclic amines) is 1. The summed E-state index contributed by atoms with van der Waals surface area (Å²) >= 11 is 0. The minimum atomic E-state index is -3.76. The molecule has 0 unspecified atom stereocenters. The highest BCUT2D eigenvalue weighted by Crippen LogP contribution is 2.25. The summed E-state index contributed by atoms with van der Waals surface area (Å²) in [6.45, 7) is 8.10. The third-order valence-corrected chi connectivity index (χ3v) is 7.91. The number of benzene rings is 1. The van der Waals surface area contributed by atoms with Crippen LogP contribution in [0.15, 0.2) is 23.1 Å². The Labute approximate surface area is 193 Å². The number of sulfonamides is 1. The normalized spacial score (nSPS) is 21.3. The number of carbonyl (C=O) groups excluding carboxylic acids is 1. The lowest BCUT2D eigenvalue weighted by molar-refractivity contribution is 0.0936. The molecule has 2 aliphatic rings. The smallest absolute Gasteiger partial charge is 0.251 e. The predicted molar refractivity (Wildman–Crippen MR) is 130 cm³/mol. The van der Waals surface area contributed by atoms with Crippen molar-refractivity contribution < 1.29 is 13.2 Å². The van der Waals surface area contributed by atoms with Crippen LogP contribution in [-0.4, -0.2) is 57.5 Å². The molecule has 1 atom stereocenters. The van der Waals surface area contributed by atoms with Gasteiger partial charge in [-0.25, -0.2) is 13.1 Å². The molecule has 1 aliphatic heterocycles. The van der Waals surface area contributed by atoms with E-state index >= 15 is 0 Å². The van der Waals surface area contributed by atoms with Crippen molar-refractivity contribution in [2.45, 2.75) is 82.2 Å². The molecule has 7 nitrogen and oxygen atoms in total. The maximum absolute atomic E-state index is 13.0. The van der Waals surface area contributed by atoms with Crippen molar-refractivity contribution in [3.05, 3.63) is 23.8 Å². The van der Waals surface area contributed by atoms with Gasteiger partial charge in [0.2, 0.25) is 10.0 Å². The van der Waals surface area contributed by atoms with Crippen LogP contribution in [0.3, 0.4) is 0 Å². The molecule has 0 radical (unpaired) electrons. The molecule has 8 heteroatoms. The number of piperidine rings is 1. The third kappa shape index (κ3) is 7.46. The van der Waals surface area contributed by atoms with Gasteiger partial charge in [-0.05, 0) is 84.2 Å². The van der Waals surface area contributed by atoms with E-state index in [1.807, 2.05) is 20.8 Å². The van der Waals surface area contributed by atoms with Gasteiger partial charge in [0, 0.05) is 35.9 Å². The fraction of sp³-hybridized carbons (Fsp3) is 0.708. The Kier molecular flexibility index (Phi) is 8.22. The van der Waals surface area contributed by atoms with Crippen LogP contribution in [0.1, 0.15) is 76.1 Å². The average Bonchev–Trinajstić information content (AvgIpc) is 2.71. The SMILES string of the molecule is CN1CCC[C@@H](CNC(=O)c2cc(NC3CCCCC3)cc(S(=O)(=O)NC(C)(C)C)c2)C1. The van der Waals surface area contributed by atoms with Crippen LogP contribution in [0.25, 0.3) is 0 Å². The number of anilines is 1. The highest BCUT2D eigenvalue weighted by molar-refractivity contribution is 7.89. The van der Waals surface area contributed by atoms with E-state index in [-0.39, 0.29) is 10.8 Å². The van der Waals surface area contributed by atoms with E-state index in [0.29, 0.717) is 29.8 Å². The quantitative estimate of drug-likeness (QED) is 0.574. The van der Waals surface area contributed by atoms with Crippen molar-refractivity contribution in [1.82, 2.24) is 14.9 Å². The molecule has 0 aromatic heterocycles. The number of hydrogen-bond donors (Lipinski definition) is 3. The predicted octanol–water partition coefficient (Wildman–Crippen LogP) is 3.58. The summed E-state index contributed by atoms with van der Waals surface area (Å²) < 4.78 is 28.8. The van der Waals surface area contributed by atoms with Crippen LogP contribution in [0.2, 0.25) is 0 Å². The minimum absolute atomic E-state index is 0.121. The zero-order valence-corrected chi connectivity index (χ0v) is 20.9. The fourth-order valence-electron chi connectivity index (χ4n) is 4.69. The number of rotatable bonds is 7. The highest BCUT2D eigenvalue weighted by atomic mass is 32.2. The molecule has 1 amide bonds. The van der Waals surface area contributed by atoms with Crippen molar-refractivity contribution in [2.75, 3.05) is 32.0 Å². The summed E-state index contributed by atoms with van der Waals surface area (Å²) in [5.74, 6) is 0.199. The first kappa shape index (κ1) is 25.0. The van der Waals surface area contributed by atoms with Gasteiger partial charge >= 0.3 is 0 Å². The molecule has 1 saturated heterocycles. The van der Waals surface area contributed by atoms with E-state index in [1.54, 1.807) is 12.1 Å². The Morgan fingerprint density at radius 1 is 1.06 bits per heavy atom. The van der Waals surface area contributed by atoms with Gasteiger partial charge in [-0.1, -0.05) is 19.3 Å². The molecule has 1 aromatic carbocycles. The van der Waals surface area contributed by atoms with E-state index in [0.717, 1.165) is 38.8 Å². The number of nitrogens with zero attached hydrogens (tertiary/aromatic N) is 1. The second kappa shape index (κ2) is 10.5. The van der Waals surface area contributed by atoms with E-state index in [9.17, 15) is 13.2 Å². The molecule has 3 rings (SSSR count). The third-order valence-electron chi connectivity index (χ3n) is 6.17. The van der Waals surface area contributed by atoms with Crippen LogP contribution >= 0.6 is 0 Å². The Hall–Kier alpha value is -1.64. The number of nitrogens with one attached hydrogen (secondary N) is 3. The van der Waals surface area contributed by atoms with Gasteiger partial charge in [0.25, 0.3) is 5.91 Å². The van der Waals surface area contributed by atoms with Crippen molar-refractivity contribution in [3.8, 4) is 0 Å².